The highest BCUT2D eigenvalue weighted by atomic mass is 16.5. The van der Waals surface area contributed by atoms with E-state index >= 15 is 0 Å². The van der Waals surface area contributed by atoms with Crippen LogP contribution in [0.5, 0.6) is 0 Å². The fourth-order valence-corrected chi connectivity index (χ4v) is 1.37. The lowest BCUT2D eigenvalue weighted by molar-refractivity contribution is 0.122. The standard InChI is InChI=1S/C10H21N3O/c1-8(11)7-14-5-3-4-10-6-12-9(2)13-10/h6,8-9,12-13H,3-5,7,11H2,1-2H3. The summed E-state index contributed by atoms with van der Waals surface area (Å²) in [5.74, 6) is 0. The molecule has 0 saturated heterocycles. The van der Waals surface area contributed by atoms with Crippen LogP contribution in [-0.2, 0) is 4.74 Å². The quantitative estimate of drug-likeness (QED) is 0.546. The van der Waals surface area contributed by atoms with Crippen LogP contribution in [0.4, 0.5) is 0 Å². The molecule has 0 radical (unpaired) electrons. The second-order valence-corrected chi connectivity index (χ2v) is 3.86. The molecule has 1 aliphatic rings. The lowest BCUT2D eigenvalue weighted by Gasteiger charge is -2.09. The Labute approximate surface area is 85.9 Å². The highest BCUT2D eigenvalue weighted by Gasteiger charge is 2.08. The average molecular weight is 199 g/mol. The SMILES string of the molecule is CC(N)COCCCC1=CNC(C)N1. The lowest BCUT2D eigenvalue weighted by Crippen LogP contribution is -2.28. The van der Waals surface area contributed by atoms with Crippen molar-refractivity contribution in [3.8, 4) is 0 Å². The smallest absolute Gasteiger partial charge is 0.0928 e. The van der Waals surface area contributed by atoms with Crippen LogP contribution in [-0.4, -0.2) is 25.4 Å². The van der Waals surface area contributed by atoms with Crippen molar-refractivity contribution in [3.05, 3.63) is 11.9 Å². The molecular formula is C10H21N3O. The number of allylic oxidation sites excluding steroid dienone is 1. The van der Waals surface area contributed by atoms with E-state index in [1.807, 2.05) is 13.1 Å². The molecule has 0 aromatic heterocycles. The molecule has 0 amide bonds. The molecule has 0 saturated carbocycles. The van der Waals surface area contributed by atoms with E-state index in [1.54, 1.807) is 0 Å². The van der Waals surface area contributed by atoms with Gasteiger partial charge in [-0.3, -0.25) is 0 Å². The van der Waals surface area contributed by atoms with Crippen molar-refractivity contribution in [2.24, 2.45) is 5.73 Å². The van der Waals surface area contributed by atoms with Crippen LogP contribution in [0.25, 0.3) is 0 Å². The van der Waals surface area contributed by atoms with E-state index in [1.165, 1.54) is 5.70 Å². The maximum Gasteiger partial charge on any atom is 0.0928 e. The number of hydrogen-bond acceptors (Lipinski definition) is 4. The topological polar surface area (TPSA) is 59.3 Å². The van der Waals surface area contributed by atoms with Crippen molar-refractivity contribution in [3.63, 3.8) is 0 Å². The van der Waals surface area contributed by atoms with E-state index in [-0.39, 0.29) is 6.04 Å². The summed E-state index contributed by atoms with van der Waals surface area (Å²) >= 11 is 0. The minimum atomic E-state index is 0.139. The third-order valence-electron chi connectivity index (χ3n) is 2.02. The summed E-state index contributed by atoms with van der Waals surface area (Å²) < 4.78 is 5.38. The predicted molar refractivity (Wildman–Crippen MR) is 57.5 cm³/mol. The third-order valence-corrected chi connectivity index (χ3v) is 2.02. The Kier molecular flexibility index (Phi) is 4.76. The van der Waals surface area contributed by atoms with Crippen LogP contribution in [0.1, 0.15) is 26.7 Å². The molecular weight excluding hydrogens is 178 g/mol. The molecule has 0 aromatic carbocycles. The maximum absolute atomic E-state index is 5.56. The number of nitrogens with one attached hydrogen (secondary N) is 2. The molecule has 0 aliphatic carbocycles. The first-order chi connectivity index (χ1) is 6.68. The molecule has 82 valence electrons. The zero-order valence-electron chi connectivity index (χ0n) is 9.05. The summed E-state index contributed by atoms with van der Waals surface area (Å²) in [4.78, 5) is 0. The Hall–Kier alpha value is -0.740. The van der Waals surface area contributed by atoms with Gasteiger partial charge < -0.3 is 21.1 Å². The molecule has 0 fully saturated rings. The largest absolute Gasteiger partial charge is 0.380 e. The Balaban J connectivity index is 1.94. The van der Waals surface area contributed by atoms with Gasteiger partial charge >= 0.3 is 0 Å². The molecule has 2 atom stereocenters. The second kappa shape index (κ2) is 5.88. The average Bonchev–Trinajstić information content (AvgIpc) is 2.50. The zero-order valence-corrected chi connectivity index (χ0v) is 9.05. The van der Waals surface area contributed by atoms with Crippen LogP contribution in [0, 0.1) is 0 Å². The molecule has 0 spiro atoms. The molecule has 0 bridgehead atoms. The van der Waals surface area contributed by atoms with Crippen molar-refractivity contribution in [2.45, 2.75) is 38.9 Å². The highest BCUT2D eigenvalue weighted by Crippen LogP contribution is 2.06. The fourth-order valence-electron chi connectivity index (χ4n) is 1.37. The van der Waals surface area contributed by atoms with Crippen LogP contribution >= 0.6 is 0 Å². The van der Waals surface area contributed by atoms with Crippen molar-refractivity contribution in [1.82, 2.24) is 10.6 Å². The monoisotopic (exact) mass is 199 g/mol. The molecule has 2 unspecified atom stereocenters. The Morgan fingerprint density at radius 1 is 1.64 bits per heavy atom. The molecule has 14 heavy (non-hydrogen) atoms. The van der Waals surface area contributed by atoms with E-state index < -0.39 is 0 Å². The molecule has 0 aromatic rings. The molecule has 4 N–H and O–H groups in total. The van der Waals surface area contributed by atoms with Crippen LogP contribution in [0.15, 0.2) is 11.9 Å². The van der Waals surface area contributed by atoms with Crippen molar-refractivity contribution >= 4 is 0 Å². The van der Waals surface area contributed by atoms with Crippen LogP contribution < -0.4 is 16.4 Å². The van der Waals surface area contributed by atoms with Gasteiger partial charge in [0.25, 0.3) is 0 Å². The van der Waals surface area contributed by atoms with E-state index in [0.717, 1.165) is 19.4 Å². The summed E-state index contributed by atoms with van der Waals surface area (Å²) in [6.07, 6.45) is 4.49. The maximum atomic E-state index is 5.56. The van der Waals surface area contributed by atoms with Gasteiger partial charge in [0.05, 0.1) is 12.8 Å². The van der Waals surface area contributed by atoms with E-state index in [9.17, 15) is 0 Å². The summed E-state index contributed by atoms with van der Waals surface area (Å²) in [6.45, 7) is 5.48. The minimum Gasteiger partial charge on any atom is -0.380 e. The van der Waals surface area contributed by atoms with Crippen molar-refractivity contribution < 1.29 is 4.74 Å². The Morgan fingerprint density at radius 2 is 2.43 bits per heavy atom. The third kappa shape index (κ3) is 4.48. The molecule has 1 rings (SSSR count). The summed E-state index contributed by atoms with van der Waals surface area (Å²) in [5.41, 5.74) is 6.82. The summed E-state index contributed by atoms with van der Waals surface area (Å²) in [7, 11) is 0. The van der Waals surface area contributed by atoms with Gasteiger partial charge in [-0.15, -0.1) is 0 Å². The Bertz CT molecular complexity index is 192. The van der Waals surface area contributed by atoms with Gasteiger partial charge in [0.2, 0.25) is 0 Å². The highest BCUT2D eigenvalue weighted by molar-refractivity contribution is 5.05. The normalized spacial score (nSPS) is 22.5. The van der Waals surface area contributed by atoms with Crippen molar-refractivity contribution in [1.29, 1.82) is 0 Å². The van der Waals surface area contributed by atoms with Gasteiger partial charge in [0.1, 0.15) is 0 Å². The zero-order chi connectivity index (χ0) is 10.4. The molecule has 1 heterocycles. The van der Waals surface area contributed by atoms with E-state index in [4.69, 9.17) is 10.5 Å². The number of ether oxygens (including phenoxy) is 1. The predicted octanol–water partition coefficient (Wildman–Crippen LogP) is 0.511. The summed E-state index contributed by atoms with van der Waals surface area (Å²) in [5, 5.41) is 6.52. The first-order valence-electron chi connectivity index (χ1n) is 5.23. The summed E-state index contributed by atoms with van der Waals surface area (Å²) in [6, 6.07) is 0.139. The number of rotatable bonds is 6. The number of hydrogen-bond donors (Lipinski definition) is 3. The molecule has 4 nitrogen and oxygen atoms in total. The minimum absolute atomic E-state index is 0.139. The van der Waals surface area contributed by atoms with Crippen LogP contribution in [0.3, 0.4) is 0 Å². The van der Waals surface area contributed by atoms with Gasteiger partial charge in [-0.05, 0) is 26.7 Å². The van der Waals surface area contributed by atoms with Gasteiger partial charge in [-0.1, -0.05) is 0 Å². The van der Waals surface area contributed by atoms with Gasteiger partial charge in [-0.2, -0.15) is 0 Å². The fraction of sp³-hybridized carbons (Fsp3) is 0.800. The second-order valence-electron chi connectivity index (χ2n) is 3.86. The van der Waals surface area contributed by atoms with Gasteiger partial charge in [0, 0.05) is 24.5 Å². The van der Waals surface area contributed by atoms with Crippen molar-refractivity contribution in [2.75, 3.05) is 13.2 Å². The molecule has 1 aliphatic heterocycles. The van der Waals surface area contributed by atoms with Crippen LogP contribution in [0.2, 0.25) is 0 Å². The van der Waals surface area contributed by atoms with Gasteiger partial charge in [-0.25, -0.2) is 0 Å². The first kappa shape index (κ1) is 11.3. The van der Waals surface area contributed by atoms with E-state index in [2.05, 4.69) is 17.6 Å². The lowest BCUT2D eigenvalue weighted by atomic mass is 10.2. The first-order valence-corrected chi connectivity index (χ1v) is 5.23. The van der Waals surface area contributed by atoms with E-state index in [0.29, 0.717) is 12.8 Å². The Morgan fingerprint density at radius 3 is 3.00 bits per heavy atom. The van der Waals surface area contributed by atoms with Gasteiger partial charge in [0.15, 0.2) is 0 Å². The molecule has 4 heteroatoms. The number of nitrogens with two attached hydrogens (primary N) is 1.